The van der Waals surface area contributed by atoms with Crippen LogP contribution in [0.25, 0.3) is 21.9 Å². The second-order valence-electron chi connectivity index (χ2n) is 9.44. The number of aromatic amines is 1. The highest BCUT2D eigenvalue weighted by Crippen LogP contribution is 2.47. The molecule has 0 saturated carbocycles. The second kappa shape index (κ2) is 7.19. The predicted molar refractivity (Wildman–Crippen MR) is 135 cm³/mol. The van der Waals surface area contributed by atoms with Crippen molar-refractivity contribution in [2.75, 3.05) is 5.32 Å². The number of ketones is 1. The second-order valence-corrected chi connectivity index (χ2v) is 9.44. The minimum atomic E-state index is -0.221. The summed E-state index contributed by atoms with van der Waals surface area (Å²) in [5, 5.41) is 4.71. The number of nitrogens with one attached hydrogen (secondary N) is 2. The molecule has 0 radical (unpaired) electrons. The molecule has 0 spiro atoms. The molecule has 0 amide bonds. The molecule has 0 bridgehead atoms. The van der Waals surface area contributed by atoms with Gasteiger partial charge in [0, 0.05) is 40.4 Å². The van der Waals surface area contributed by atoms with Crippen LogP contribution in [-0.2, 0) is 4.79 Å². The van der Waals surface area contributed by atoms with E-state index >= 15 is 0 Å². The number of carbonyl (C=O) groups excluding carboxylic acids is 1. The third-order valence-electron chi connectivity index (χ3n) is 7.36. The Labute approximate surface area is 197 Å². The molecule has 5 heteroatoms. The molecule has 1 aliphatic heterocycles. The maximum atomic E-state index is 13.8. The molecule has 34 heavy (non-hydrogen) atoms. The van der Waals surface area contributed by atoms with Gasteiger partial charge in [0.25, 0.3) is 0 Å². The van der Waals surface area contributed by atoms with Crippen molar-refractivity contribution >= 4 is 33.7 Å². The van der Waals surface area contributed by atoms with E-state index in [1.54, 1.807) is 0 Å². The normalized spacial score (nSPS) is 19.9. The number of allylic oxidation sites excluding steroid dienone is 2. The molecule has 2 aromatic heterocycles. The first kappa shape index (κ1) is 19.4. The predicted octanol–water partition coefficient (Wildman–Crippen LogP) is 6.24. The van der Waals surface area contributed by atoms with Gasteiger partial charge in [-0.15, -0.1) is 0 Å². The summed E-state index contributed by atoms with van der Waals surface area (Å²) in [5.41, 5.74) is 8.45. The summed E-state index contributed by atoms with van der Waals surface area (Å²) < 4.78 is 2.20. The highest BCUT2D eigenvalue weighted by Gasteiger charge is 2.40. The number of Topliss-reactive ketones (excluding diaryl/α,β-unsaturated/α-hetero) is 1. The monoisotopic (exact) mass is 444 g/mol. The maximum absolute atomic E-state index is 13.8. The van der Waals surface area contributed by atoms with Crippen LogP contribution in [0.15, 0.2) is 90.3 Å². The molecule has 3 heterocycles. The fourth-order valence-corrected chi connectivity index (χ4v) is 5.71. The molecule has 0 saturated heterocycles. The van der Waals surface area contributed by atoms with Gasteiger partial charge in [-0.25, -0.2) is 4.98 Å². The standard InChI is InChI=1S/C29H24N4O/c1-17-10-12-18(13-11-17)19-14-24-27(26(34)15-19)28(21-16-30-22-7-3-2-6-20(21)22)33-25-9-5-4-8-23(25)31-29(33)32-24/h2-13,16,19,28,30H,14-15H2,1H3,(H,31,32)/t19-,28-/m1/s1. The average molecular weight is 445 g/mol. The number of H-pyrrole nitrogens is 1. The molecule has 5 nitrogen and oxygen atoms in total. The summed E-state index contributed by atoms with van der Waals surface area (Å²) in [6.45, 7) is 2.09. The Morgan fingerprint density at radius 2 is 1.74 bits per heavy atom. The molecule has 5 aromatic rings. The van der Waals surface area contributed by atoms with Crippen LogP contribution in [-0.4, -0.2) is 20.3 Å². The average Bonchev–Trinajstić information content (AvgIpc) is 3.44. The fourth-order valence-electron chi connectivity index (χ4n) is 5.71. The maximum Gasteiger partial charge on any atom is 0.209 e. The third kappa shape index (κ3) is 2.80. The summed E-state index contributed by atoms with van der Waals surface area (Å²) in [4.78, 5) is 22.2. The van der Waals surface area contributed by atoms with Crippen LogP contribution in [0.3, 0.4) is 0 Å². The number of aryl methyl sites for hydroxylation is 1. The highest BCUT2D eigenvalue weighted by molar-refractivity contribution is 6.02. The Bertz CT molecular complexity index is 1620. The van der Waals surface area contributed by atoms with Crippen molar-refractivity contribution in [3.63, 3.8) is 0 Å². The summed E-state index contributed by atoms with van der Waals surface area (Å²) in [7, 11) is 0. The number of imidazole rings is 1. The summed E-state index contributed by atoms with van der Waals surface area (Å²) in [6.07, 6.45) is 3.37. The quantitative estimate of drug-likeness (QED) is 0.339. The molecular weight excluding hydrogens is 420 g/mol. The van der Waals surface area contributed by atoms with Crippen molar-refractivity contribution in [3.8, 4) is 0 Å². The lowest BCUT2D eigenvalue weighted by Gasteiger charge is -2.36. The number of nitrogens with zero attached hydrogens (tertiary/aromatic N) is 2. The molecule has 2 atom stereocenters. The van der Waals surface area contributed by atoms with Gasteiger partial charge in [0.15, 0.2) is 5.78 Å². The number of carbonyl (C=O) groups is 1. The zero-order valence-electron chi connectivity index (χ0n) is 18.9. The van der Waals surface area contributed by atoms with Gasteiger partial charge in [-0.3, -0.25) is 9.36 Å². The molecule has 2 N–H and O–H groups in total. The van der Waals surface area contributed by atoms with Gasteiger partial charge < -0.3 is 10.3 Å². The van der Waals surface area contributed by atoms with Gasteiger partial charge in [0.05, 0.1) is 17.1 Å². The summed E-state index contributed by atoms with van der Waals surface area (Å²) >= 11 is 0. The SMILES string of the molecule is Cc1ccc([C@H]2CC(=O)C3=C(C2)Nc2nc4ccccc4n2[C@@H]3c2c[nH]c3ccccc23)cc1. The van der Waals surface area contributed by atoms with E-state index in [9.17, 15) is 4.79 Å². The van der Waals surface area contributed by atoms with Crippen LogP contribution in [0.1, 0.15) is 41.5 Å². The van der Waals surface area contributed by atoms with Crippen molar-refractivity contribution in [1.82, 2.24) is 14.5 Å². The van der Waals surface area contributed by atoms with E-state index < -0.39 is 0 Å². The van der Waals surface area contributed by atoms with Crippen LogP contribution >= 0.6 is 0 Å². The lowest BCUT2D eigenvalue weighted by atomic mass is 9.77. The van der Waals surface area contributed by atoms with Crippen molar-refractivity contribution in [1.29, 1.82) is 0 Å². The van der Waals surface area contributed by atoms with E-state index in [-0.39, 0.29) is 17.7 Å². The van der Waals surface area contributed by atoms with E-state index in [4.69, 9.17) is 4.98 Å². The van der Waals surface area contributed by atoms with Crippen LogP contribution in [0.5, 0.6) is 0 Å². The Hall–Kier alpha value is -4.12. The number of anilines is 1. The molecule has 3 aromatic carbocycles. The zero-order chi connectivity index (χ0) is 22.8. The van der Waals surface area contributed by atoms with E-state index in [0.717, 1.165) is 51.1 Å². The largest absolute Gasteiger partial charge is 0.361 e. The lowest BCUT2D eigenvalue weighted by molar-refractivity contribution is -0.116. The zero-order valence-corrected chi connectivity index (χ0v) is 18.9. The third-order valence-corrected chi connectivity index (χ3v) is 7.36. The molecule has 0 unspecified atom stereocenters. The van der Waals surface area contributed by atoms with E-state index in [0.29, 0.717) is 6.42 Å². The van der Waals surface area contributed by atoms with Gasteiger partial charge in [-0.1, -0.05) is 60.2 Å². The molecule has 1 aliphatic carbocycles. The van der Waals surface area contributed by atoms with E-state index in [1.165, 1.54) is 11.1 Å². The lowest BCUT2D eigenvalue weighted by Crippen LogP contribution is -2.33. The van der Waals surface area contributed by atoms with Crippen LogP contribution in [0.4, 0.5) is 5.95 Å². The van der Waals surface area contributed by atoms with Gasteiger partial charge in [0.1, 0.15) is 0 Å². The van der Waals surface area contributed by atoms with Crippen LogP contribution in [0, 0.1) is 6.92 Å². The number of fused-ring (bicyclic) bond motifs is 4. The molecule has 166 valence electrons. The minimum Gasteiger partial charge on any atom is -0.361 e. The summed E-state index contributed by atoms with van der Waals surface area (Å²) in [5.74, 6) is 1.17. The summed E-state index contributed by atoms with van der Waals surface area (Å²) in [6, 6.07) is 24.8. The number of rotatable bonds is 2. The van der Waals surface area contributed by atoms with Gasteiger partial charge in [-0.2, -0.15) is 0 Å². The smallest absolute Gasteiger partial charge is 0.209 e. The van der Waals surface area contributed by atoms with E-state index in [1.807, 2.05) is 24.3 Å². The Morgan fingerprint density at radius 3 is 2.62 bits per heavy atom. The number of benzene rings is 3. The van der Waals surface area contributed by atoms with Crippen molar-refractivity contribution in [2.24, 2.45) is 0 Å². The minimum absolute atomic E-state index is 0.166. The Balaban J connectivity index is 1.44. The topological polar surface area (TPSA) is 62.7 Å². The van der Waals surface area contributed by atoms with Crippen molar-refractivity contribution < 1.29 is 4.79 Å². The van der Waals surface area contributed by atoms with Gasteiger partial charge >= 0.3 is 0 Å². The van der Waals surface area contributed by atoms with Crippen LogP contribution in [0.2, 0.25) is 0 Å². The highest BCUT2D eigenvalue weighted by atomic mass is 16.1. The molecular formula is C29H24N4O. The molecule has 0 fully saturated rings. The first-order valence-electron chi connectivity index (χ1n) is 11.8. The van der Waals surface area contributed by atoms with Gasteiger partial charge in [-0.05, 0) is 43.0 Å². The number of hydrogen-bond acceptors (Lipinski definition) is 3. The van der Waals surface area contributed by atoms with Crippen LogP contribution < -0.4 is 5.32 Å². The van der Waals surface area contributed by atoms with Crippen molar-refractivity contribution in [3.05, 3.63) is 107 Å². The Kier molecular flexibility index (Phi) is 4.09. The number of aromatic nitrogens is 3. The first-order chi connectivity index (χ1) is 16.7. The van der Waals surface area contributed by atoms with Crippen molar-refractivity contribution in [2.45, 2.75) is 31.7 Å². The number of hydrogen-bond donors (Lipinski definition) is 2. The first-order valence-corrected chi connectivity index (χ1v) is 11.8. The van der Waals surface area contributed by atoms with E-state index in [2.05, 4.69) is 76.5 Å². The molecule has 7 rings (SSSR count). The Morgan fingerprint density at radius 1 is 0.941 bits per heavy atom. The van der Waals surface area contributed by atoms with Gasteiger partial charge in [0.2, 0.25) is 5.95 Å². The fraction of sp³-hybridized carbons (Fsp3) is 0.172. The molecule has 2 aliphatic rings. The number of para-hydroxylation sites is 3.